The van der Waals surface area contributed by atoms with Gasteiger partial charge in [-0.3, -0.25) is 9.59 Å². The summed E-state index contributed by atoms with van der Waals surface area (Å²) < 4.78 is 10.4. The minimum atomic E-state index is -0.905. The van der Waals surface area contributed by atoms with Crippen molar-refractivity contribution in [2.75, 3.05) is 27.8 Å². The second-order valence-corrected chi connectivity index (χ2v) is 5.23. The van der Waals surface area contributed by atoms with Gasteiger partial charge in [0.25, 0.3) is 0 Å². The molecule has 1 atom stereocenters. The Balaban J connectivity index is 2.61. The largest absolute Gasteiger partial charge is 0.497 e. The molecule has 0 spiro atoms. The van der Waals surface area contributed by atoms with Crippen LogP contribution in [0.25, 0.3) is 0 Å². The number of carboxylic acid groups (broad SMARTS) is 1. The summed E-state index contributed by atoms with van der Waals surface area (Å²) in [6.45, 7) is 1.79. The van der Waals surface area contributed by atoms with Crippen LogP contribution in [0.5, 0.6) is 11.5 Å². The summed E-state index contributed by atoms with van der Waals surface area (Å²) in [6, 6.07) is 5.48. The van der Waals surface area contributed by atoms with Gasteiger partial charge < -0.3 is 19.5 Å². The van der Waals surface area contributed by atoms with Crippen LogP contribution in [0, 0.1) is 5.92 Å². The molecule has 0 aliphatic rings. The normalized spacial score (nSPS) is 11.6. The van der Waals surface area contributed by atoms with E-state index in [1.165, 1.54) is 4.90 Å². The highest BCUT2D eigenvalue weighted by Gasteiger charge is 2.17. The third kappa shape index (κ3) is 5.27. The van der Waals surface area contributed by atoms with Crippen molar-refractivity contribution in [1.82, 2.24) is 4.90 Å². The summed E-state index contributed by atoms with van der Waals surface area (Å²) in [6.07, 6.45) is 0.845. The zero-order valence-corrected chi connectivity index (χ0v) is 13.5. The molecule has 0 aromatic heterocycles. The molecular formula is C16H23NO5. The molecule has 1 amide bonds. The van der Waals surface area contributed by atoms with E-state index in [0.29, 0.717) is 24.3 Å². The lowest BCUT2D eigenvalue weighted by Crippen LogP contribution is -2.33. The number of amides is 1. The average Bonchev–Trinajstić information content (AvgIpc) is 2.51. The monoisotopic (exact) mass is 309 g/mol. The number of aliphatic carboxylic acids is 1. The zero-order chi connectivity index (χ0) is 16.7. The Kier molecular flexibility index (Phi) is 6.69. The van der Waals surface area contributed by atoms with Crippen LogP contribution in [-0.2, 0) is 16.0 Å². The molecule has 6 heteroatoms. The molecule has 1 rings (SSSR count). The van der Waals surface area contributed by atoms with Crippen molar-refractivity contribution in [2.24, 2.45) is 5.92 Å². The first-order valence-corrected chi connectivity index (χ1v) is 7.06. The molecule has 0 radical (unpaired) electrons. The molecule has 1 N–H and O–H groups in total. The predicted octanol–water partition coefficient (Wildman–Crippen LogP) is 1.82. The molecule has 0 unspecified atom stereocenters. The smallest absolute Gasteiger partial charge is 0.308 e. The van der Waals surface area contributed by atoms with E-state index >= 15 is 0 Å². The number of methoxy groups -OCH3 is 2. The van der Waals surface area contributed by atoms with Crippen molar-refractivity contribution in [3.63, 3.8) is 0 Å². The van der Waals surface area contributed by atoms with E-state index in [1.54, 1.807) is 34.3 Å². The van der Waals surface area contributed by atoms with Gasteiger partial charge in [0, 0.05) is 26.1 Å². The summed E-state index contributed by atoms with van der Waals surface area (Å²) in [5.74, 6) is -0.220. The molecule has 0 bridgehead atoms. The molecule has 0 saturated carbocycles. The molecule has 0 aliphatic heterocycles. The van der Waals surface area contributed by atoms with Gasteiger partial charge in [0.2, 0.25) is 5.91 Å². The lowest BCUT2D eigenvalue weighted by molar-refractivity contribution is -0.142. The van der Waals surface area contributed by atoms with Crippen LogP contribution >= 0.6 is 0 Å². The SMILES string of the molecule is COc1cc(CCC(=O)N(C)C[C@@H](C)C(=O)O)cc(OC)c1. The second-order valence-electron chi connectivity index (χ2n) is 5.23. The Hall–Kier alpha value is -2.24. The first kappa shape index (κ1) is 17.8. The van der Waals surface area contributed by atoms with Crippen LogP contribution in [0.1, 0.15) is 18.9 Å². The Morgan fingerprint density at radius 1 is 1.18 bits per heavy atom. The van der Waals surface area contributed by atoms with Gasteiger partial charge >= 0.3 is 5.97 Å². The maximum absolute atomic E-state index is 12.1. The summed E-state index contributed by atoms with van der Waals surface area (Å²) in [7, 11) is 4.77. The summed E-state index contributed by atoms with van der Waals surface area (Å²) >= 11 is 0. The second kappa shape index (κ2) is 8.26. The molecule has 0 aliphatic carbocycles. The molecule has 22 heavy (non-hydrogen) atoms. The molecule has 122 valence electrons. The highest BCUT2D eigenvalue weighted by Crippen LogP contribution is 2.23. The number of hydrogen-bond acceptors (Lipinski definition) is 4. The van der Waals surface area contributed by atoms with E-state index in [9.17, 15) is 9.59 Å². The van der Waals surface area contributed by atoms with Crippen LogP contribution < -0.4 is 9.47 Å². The van der Waals surface area contributed by atoms with Crippen molar-refractivity contribution >= 4 is 11.9 Å². The first-order chi connectivity index (χ1) is 10.4. The van der Waals surface area contributed by atoms with Crippen molar-refractivity contribution in [3.8, 4) is 11.5 Å². The third-order valence-electron chi connectivity index (χ3n) is 3.43. The van der Waals surface area contributed by atoms with Crippen LogP contribution in [-0.4, -0.2) is 49.7 Å². The van der Waals surface area contributed by atoms with Gasteiger partial charge in [-0.1, -0.05) is 6.92 Å². The lowest BCUT2D eigenvalue weighted by Gasteiger charge is -2.19. The summed E-state index contributed by atoms with van der Waals surface area (Å²) in [4.78, 5) is 24.3. The van der Waals surface area contributed by atoms with Crippen LogP contribution in [0.2, 0.25) is 0 Å². The fourth-order valence-electron chi connectivity index (χ4n) is 2.04. The van der Waals surface area contributed by atoms with Crippen LogP contribution in [0.15, 0.2) is 18.2 Å². The third-order valence-corrected chi connectivity index (χ3v) is 3.43. The van der Waals surface area contributed by atoms with Crippen molar-refractivity contribution in [1.29, 1.82) is 0 Å². The zero-order valence-electron chi connectivity index (χ0n) is 13.5. The summed E-state index contributed by atoms with van der Waals surface area (Å²) in [5, 5.41) is 8.87. The topological polar surface area (TPSA) is 76.1 Å². The van der Waals surface area contributed by atoms with Gasteiger partial charge in [0.05, 0.1) is 20.1 Å². The lowest BCUT2D eigenvalue weighted by atomic mass is 10.1. The maximum Gasteiger partial charge on any atom is 0.308 e. The molecular weight excluding hydrogens is 286 g/mol. The van der Waals surface area contributed by atoms with Crippen molar-refractivity contribution < 1.29 is 24.2 Å². The fourth-order valence-corrected chi connectivity index (χ4v) is 2.04. The number of rotatable bonds is 8. The number of nitrogens with zero attached hydrogens (tertiary/aromatic N) is 1. The maximum atomic E-state index is 12.1. The Bertz CT molecular complexity index is 507. The molecule has 1 aromatic carbocycles. The standard InChI is InChI=1S/C16H23NO5/c1-11(16(19)20)10-17(2)15(18)6-5-12-7-13(21-3)9-14(8-12)22-4/h7-9,11H,5-6,10H2,1-4H3,(H,19,20)/t11-/m1/s1. The summed E-state index contributed by atoms with van der Waals surface area (Å²) in [5.41, 5.74) is 0.934. The van der Waals surface area contributed by atoms with Crippen LogP contribution in [0.3, 0.4) is 0 Å². The van der Waals surface area contributed by atoms with E-state index in [0.717, 1.165) is 5.56 Å². The Labute approximate surface area is 130 Å². The van der Waals surface area contributed by atoms with E-state index in [1.807, 2.05) is 12.1 Å². The molecule has 0 saturated heterocycles. The highest BCUT2D eigenvalue weighted by atomic mass is 16.5. The number of carboxylic acids is 1. The van der Waals surface area contributed by atoms with Gasteiger partial charge in [-0.05, 0) is 24.1 Å². The highest BCUT2D eigenvalue weighted by molar-refractivity contribution is 5.77. The number of carbonyl (C=O) groups is 2. The average molecular weight is 309 g/mol. The number of ether oxygens (including phenoxy) is 2. The van der Waals surface area contributed by atoms with Gasteiger partial charge in [0.15, 0.2) is 0 Å². The van der Waals surface area contributed by atoms with Gasteiger partial charge in [-0.25, -0.2) is 0 Å². The van der Waals surface area contributed by atoms with Gasteiger partial charge in [-0.2, -0.15) is 0 Å². The van der Waals surface area contributed by atoms with Crippen LogP contribution in [0.4, 0.5) is 0 Å². The molecule has 0 heterocycles. The van der Waals surface area contributed by atoms with Gasteiger partial charge in [-0.15, -0.1) is 0 Å². The molecule has 0 fully saturated rings. The Morgan fingerprint density at radius 2 is 1.73 bits per heavy atom. The first-order valence-electron chi connectivity index (χ1n) is 7.06. The molecule has 1 aromatic rings. The minimum absolute atomic E-state index is 0.0881. The van der Waals surface area contributed by atoms with Gasteiger partial charge in [0.1, 0.15) is 11.5 Å². The van der Waals surface area contributed by atoms with E-state index in [-0.39, 0.29) is 12.5 Å². The predicted molar refractivity (Wildman–Crippen MR) is 82.3 cm³/mol. The quantitative estimate of drug-likeness (QED) is 0.792. The number of benzene rings is 1. The number of carbonyl (C=O) groups excluding carboxylic acids is 1. The fraction of sp³-hybridized carbons (Fsp3) is 0.500. The van der Waals surface area contributed by atoms with Crippen molar-refractivity contribution in [3.05, 3.63) is 23.8 Å². The number of aryl methyl sites for hydroxylation is 1. The van der Waals surface area contributed by atoms with E-state index in [4.69, 9.17) is 14.6 Å². The van der Waals surface area contributed by atoms with E-state index < -0.39 is 11.9 Å². The minimum Gasteiger partial charge on any atom is -0.497 e. The Morgan fingerprint density at radius 3 is 2.18 bits per heavy atom. The van der Waals surface area contributed by atoms with E-state index in [2.05, 4.69) is 0 Å². The number of hydrogen-bond donors (Lipinski definition) is 1. The van der Waals surface area contributed by atoms with Crippen molar-refractivity contribution in [2.45, 2.75) is 19.8 Å². The molecule has 6 nitrogen and oxygen atoms in total.